The van der Waals surface area contributed by atoms with E-state index >= 15 is 0 Å². The van der Waals surface area contributed by atoms with Gasteiger partial charge in [0.05, 0.1) is 19.0 Å². The van der Waals surface area contributed by atoms with E-state index in [0.717, 1.165) is 19.4 Å². The molecule has 1 saturated heterocycles. The summed E-state index contributed by atoms with van der Waals surface area (Å²) in [5.74, 6) is 1.72. The van der Waals surface area contributed by atoms with Crippen LogP contribution < -0.4 is 10.1 Å². The molecule has 2 N–H and O–H groups in total. The molecule has 1 aromatic rings. The Morgan fingerprint density at radius 2 is 2.15 bits per heavy atom. The summed E-state index contributed by atoms with van der Waals surface area (Å²) in [6.45, 7) is 4.72. The topological polar surface area (TPSA) is 74.7 Å². The van der Waals surface area contributed by atoms with Crippen LogP contribution in [0.3, 0.4) is 0 Å². The second-order valence-electron chi connectivity index (χ2n) is 6.52. The van der Waals surface area contributed by atoms with Gasteiger partial charge in [-0.1, -0.05) is 6.42 Å². The van der Waals surface area contributed by atoms with E-state index in [1.54, 1.807) is 0 Å². The molecule has 1 aliphatic heterocycles. The maximum absolute atomic E-state index is 11.5. The highest BCUT2D eigenvalue weighted by Gasteiger charge is 2.10. The minimum atomic E-state index is 0.0245. The zero-order valence-electron chi connectivity index (χ0n) is 15.5. The van der Waals surface area contributed by atoms with Crippen molar-refractivity contribution >= 4 is 17.7 Å². The van der Waals surface area contributed by atoms with E-state index in [4.69, 9.17) is 9.84 Å². The minimum absolute atomic E-state index is 0.0245. The number of carbonyl (C=O) groups is 1. The lowest BCUT2D eigenvalue weighted by atomic mass is 10.1. The van der Waals surface area contributed by atoms with Crippen molar-refractivity contribution in [2.75, 3.05) is 44.4 Å². The van der Waals surface area contributed by atoms with Crippen LogP contribution in [0, 0.1) is 0 Å². The van der Waals surface area contributed by atoms with Gasteiger partial charge in [-0.25, -0.2) is 4.98 Å². The first-order valence-corrected chi connectivity index (χ1v) is 10.7. The van der Waals surface area contributed by atoms with Crippen LogP contribution in [0.4, 0.5) is 0 Å². The maximum Gasteiger partial charge on any atom is 0.229 e. The second kappa shape index (κ2) is 12.9. The van der Waals surface area contributed by atoms with Gasteiger partial charge < -0.3 is 15.2 Å². The highest BCUT2D eigenvalue weighted by molar-refractivity contribution is 7.99. The first kappa shape index (κ1) is 21.0. The third-order valence-corrected chi connectivity index (χ3v) is 5.20. The molecule has 0 aliphatic carbocycles. The normalized spacial score (nSPS) is 15.0. The molecule has 0 saturated carbocycles. The summed E-state index contributed by atoms with van der Waals surface area (Å²) in [6.07, 6.45) is 7.52. The average molecular weight is 382 g/mol. The van der Waals surface area contributed by atoms with Gasteiger partial charge in [0.15, 0.2) is 0 Å². The first-order valence-electron chi connectivity index (χ1n) is 9.53. The highest BCUT2D eigenvalue weighted by atomic mass is 32.2. The number of pyridine rings is 1. The standard InChI is InChI=1S/C19H31N3O3S/c23-11-13-26-16-18(24)20-7-2-5-12-25-19-14-17(6-8-21-19)15-22-9-3-1-4-10-22/h6,8,14,23H,1-5,7,9-13,15-16H2,(H,20,24). The van der Waals surface area contributed by atoms with Gasteiger partial charge in [-0.05, 0) is 50.4 Å². The third kappa shape index (κ3) is 8.87. The molecule has 1 aromatic heterocycles. The Bertz CT molecular complexity index is 525. The molecule has 6 nitrogen and oxygen atoms in total. The van der Waals surface area contributed by atoms with Crippen LogP contribution in [0.1, 0.15) is 37.7 Å². The fourth-order valence-electron chi connectivity index (χ4n) is 2.92. The van der Waals surface area contributed by atoms with E-state index in [9.17, 15) is 4.79 Å². The van der Waals surface area contributed by atoms with Gasteiger partial charge in [-0.3, -0.25) is 9.69 Å². The van der Waals surface area contributed by atoms with Gasteiger partial charge in [0.1, 0.15) is 0 Å². The number of hydrogen-bond donors (Lipinski definition) is 2. The molecular weight excluding hydrogens is 350 g/mol. The molecule has 0 bridgehead atoms. The number of rotatable bonds is 12. The lowest BCUT2D eigenvalue weighted by molar-refractivity contribution is -0.118. The van der Waals surface area contributed by atoms with Crippen LogP contribution in [0.5, 0.6) is 5.88 Å². The summed E-state index contributed by atoms with van der Waals surface area (Å²) in [4.78, 5) is 18.3. The van der Waals surface area contributed by atoms with Crippen molar-refractivity contribution in [3.63, 3.8) is 0 Å². The van der Waals surface area contributed by atoms with E-state index in [-0.39, 0.29) is 12.5 Å². The lowest BCUT2D eigenvalue weighted by Crippen LogP contribution is -2.29. The van der Waals surface area contributed by atoms with E-state index in [1.165, 1.54) is 49.7 Å². The SMILES string of the molecule is O=C(CSCCO)NCCCCOc1cc(CN2CCCCC2)ccn1. The number of carbonyl (C=O) groups excluding carboxylic acids is 1. The molecule has 26 heavy (non-hydrogen) atoms. The van der Waals surface area contributed by atoms with Gasteiger partial charge in [0, 0.05) is 31.1 Å². The van der Waals surface area contributed by atoms with Gasteiger partial charge in [0.2, 0.25) is 11.8 Å². The monoisotopic (exact) mass is 381 g/mol. The number of nitrogens with one attached hydrogen (secondary N) is 1. The van der Waals surface area contributed by atoms with Crippen molar-refractivity contribution in [1.82, 2.24) is 15.2 Å². The number of amides is 1. The molecule has 0 aromatic carbocycles. The molecule has 0 spiro atoms. The Morgan fingerprint density at radius 3 is 2.96 bits per heavy atom. The zero-order valence-corrected chi connectivity index (χ0v) is 16.3. The fourth-order valence-corrected chi connectivity index (χ4v) is 3.48. The summed E-state index contributed by atoms with van der Waals surface area (Å²) in [7, 11) is 0. The van der Waals surface area contributed by atoms with E-state index in [2.05, 4.69) is 21.3 Å². The van der Waals surface area contributed by atoms with Gasteiger partial charge >= 0.3 is 0 Å². The molecule has 7 heteroatoms. The molecule has 1 amide bonds. The van der Waals surface area contributed by atoms with Crippen molar-refractivity contribution in [3.05, 3.63) is 23.9 Å². The lowest BCUT2D eigenvalue weighted by Gasteiger charge is -2.26. The largest absolute Gasteiger partial charge is 0.478 e. The summed E-state index contributed by atoms with van der Waals surface area (Å²) in [5.41, 5.74) is 1.25. The number of aliphatic hydroxyl groups is 1. The molecule has 0 unspecified atom stereocenters. The minimum Gasteiger partial charge on any atom is -0.478 e. The Morgan fingerprint density at radius 1 is 1.31 bits per heavy atom. The predicted molar refractivity (Wildman–Crippen MR) is 106 cm³/mol. The Balaban J connectivity index is 1.56. The number of unbranched alkanes of at least 4 members (excludes halogenated alkanes) is 1. The van der Waals surface area contributed by atoms with E-state index in [0.29, 0.717) is 30.5 Å². The average Bonchev–Trinajstić information content (AvgIpc) is 2.66. The first-order chi connectivity index (χ1) is 12.8. The highest BCUT2D eigenvalue weighted by Crippen LogP contribution is 2.15. The number of ether oxygens (including phenoxy) is 1. The number of thioether (sulfide) groups is 1. The van der Waals surface area contributed by atoms with Crippen molar-refractivity contribution < 1.29 is 14.6 Å². The summed E-state index contributed by atoms with van der Waals surface area (Å²) in [5, 5.41) is 11.5. The number of aromatic nitrogens is 1. The fraction of sp³-hybridized carbons (Fsp3) is 0.684. The van der Waals surface area contributed by atoms with Crippen LogP contribution in [0.2, 0.25) is 0 Å². The number of nitrogens with zero attached hydrogens (tertiary/aromatic N) is 2. The van der Waals surface area contributed by atoms with Crippen LogP contribution in [0.25, 0.3) is 0 Å². The van der Waals surface area contributed by atoms with Crippen molar-refractivity contribution in [2.45, 2.75) is 38.6 Å². The van der Waals surface area contributed by atoms with Crippen molar-refractivity contribution in [3.8, 4) is 5.88 Å². The van der Waals surface area contributed by atoms with Gasteiger partial charge in [0.25, 0.3) is 0 Å². The number of piperidine rings is 1. The van der Waals surface area contributed by atoms with Gasteiger partial charge in [-0.15, -0.1) is 11.8 Å². The maximum atomic E-state index is 11.5. The molecular formula is C19H31N3O3S. The van der Waals surface area contributed by atoms with Crippen LogP contribution in [-0.2, 0) is 11.3 Å². The number of likely N-dealkylation sites (tertiary alicyclic amines) is 1. The van der Waals surface area contributed by atoms with Crippen LogP contribution >= 0.6 is 11.8 Å². The molecule has 2 rings (SSSR count). The summed E-state index contributed by atoms with van der Waals surface area (Å²) >= 11 is 1.44. The Kier molecular flexibility index (Phi) is 10.5. The summed E-state index contributed by atoms with van der Waals surface area (Å²) in [6, 6.07) is 4.10. The summed E-state index contributed by atoms with van der Waals surface area (Å²) < 4.78 is 5.75. The van der Waals surface area contributed by atoms with Crippen LogP contribution in [0.15, 0.2) is 18.3 Å². The van der Waals surface area contributed by atoms with Crippen molar-refractivity contribution in [2.24, 2.45) is 0 Å². The second-order valence-corrected chi connectivity index (χ2v) is 7.63. The third-order valence-electron chi connectivity index (χ3n) is 4.27. The molecule has 2 heterocycles. The smallest absolute Gasteiger partial charge is 0.229 e. The molecule has 146 valence electrons. The molecule has 1 fully saturated rings. The predicted octanol–water partition coefficient (Wildman–Crippen LogP) is 2.07. The van der Waals surface area contributed by atoms with E-state index < -0.39 is 0 Å². The van der Waals surface area contributed by atoms with Crippen LogP contribution in [-0.4, -0.2) is 65.3 Å². The molecule has 0 radical (unpaired) electrons. The van der Waals surface area contributed by atoms with Crippen molar-refractivity contribution in [1.29, 1.82) is 0 Å². The molecule has 1 aliphatic rings. The number of aliphatic hydroxyl groups excluding tert-OH is 1. The number of hydrogen-bond acceptors (Lipinski definition) is 6. The van der Waals surface area contributed by atoms with E-state index in [1.807, 2.05) is 12.3 Å². The molecule has 0 atom stereocenters. The quantitative estimate of drug-likeness (QED) is 0.540. The zero-order chi connectivity index (χ0) is 18.5. The Labute approximate surface area is 160 Å². The Hall–Kier alpha value is -1.31. The van der Waals surface area contributed by atoms with Gasteiger partial charge in [-0.2, -0.15) is 0 Å².